The standard InChI is InChI=1S/C21H32N2O3/c1-22(11-12-24)13-17-14-23(15-18(17)16-25)20(26)21(9-5-6-10-21)19-7-3-2-4-8-19/h2-4,7-8,17-18,24-25H,5-6,9-16H2,1H3. The van der Waals surface area contributed by atoms with Crippen LogP contribution in [-0.2, 0) is 10.2 Å². The predicted octanol–water partition coefficient (Wildman–Crippen LogP) is 1.49. The number of hydrogen-bond acceptors (Lipinski definition) is 4. The van der Waals surface area contributed by atoms with Crippen molar-refractivity contribution in [1.82, 2.24) is 9.80 Å². The van der Waals surface area contributed by atoms with Gasteiger partial charge in [-0.1, -0.05) is 43.2 Å². The Morgan fingerprint density at radius 1 is 1.15 bits per heavy atom. The second-order valence-corrected chi connectivity index (χ2v) is 8.05. The lowest BCUT2D eigenvalue weighted by Crippen LogP contribution is -2.45. The van der Waals surface area contributed by atoms with Gasteiger partial charge in [-0.2, -0.15) is 0 Å². The van der Waals surface area contributed by atoms with Gasteiger partial charge in [-0.15, -0.1) is 0 Å². The molecule has 2 aliphatic rings. The van der Waals surface area contributed by atoms with Crippen LogP contribution >= 0.6 is 0 Å². The molecule has 2 atom stereocenters. The third-order valence-electron chi connectivity index (χ3n) is 6.32. The van der Waals surface area contributed by atoms with Crippen LogP contribution in [0.5, 0.6) is 0 Å². The van der Waals surface area contributed by atoms with Crippen molar-refractivity contribution in [2.45, 2.75) is 31.1 Å². The Balaban J connectivity index is 1.76. The minimum absolute atomic E-state index is 0.111. The van der Waals surface area contributed by atoms with Crippen molar-refractivity contribution in [2.75, 3.05) is 46.4 Å². The maximum absolute atomic E-state index is 13.6. The van der Waals surface area contributed by atoms with Crippen LogP contribution < -0.4 is 0 Å². The molecule has 0 spiro atoms. The number of amides is 1. The molecule has 2 fully saturated rings. The second-order valence-electron chi connectivity index (χ2n) is 8.05. The lowest BCUT2D eigenvalue weighted by Gasteiger charge is -2.33. The number of carbonyl (C=O) groups excluding carboxylic acids is 1. The maximum Gasteiger partial charge on any atom is 0.233 e. The number of nitrogens with zero attached hydrogens (tertiary/aromatic N) is 2. The average molecular weight is 360 g/mol. The number of aliphatic hydroxyl groups is 2. The van der Waals surface area contributed by atoms with E-state index in [-0.39, 0.29) is 36.4 Å². The third kappa shape index (κ3) is 3.80. The Labute approximate surface area is 156 Å². The molecule has 1 aliphatic heterocycles. The summed E-state index contributed by atoms with van der Waals surface area (Å²) in [6, 6.07) is 10.2. The highest BCUT2D eigenvalue weighted by atomic mass is 16.3. The van der Waals surface area contributed by atoms with Gasteiger partial charge >= 0.3 is 0 Å². The Morgan fingerprint density at radius 3 is 2.42 bits per heavy atom. The summed E-state index contributed by atoms with van der Waals surface area (Å²) in [6.07, 6.45) is 4.04. The van der Waals surface area contributed by atoms with Crippen molar-refractivity contribution in [3.8, 4) is 0 Å². The van der Waals surface area contributed by atoms with Crippen LogP contribution in [0.2, 0.25) is 0 Å². The van der Waals surface area contributed by atoms with E-state index in [0.717, 1.165) is 37.8 Å². The van der Waals surface area contributed by atoms with Crippen molar-refractivity contribution in [3.05, 3.63) is 35.9 Å². The van der Waals surface area contributed by atoms with Gasteiger partial charge in [0.05, 0.1) is 12.0 Å². The van der Waals surface area contributed by atoms with E-state index < -0.39 is 0 Å². The number of likely N-dealkylation sites (tertiary alicyclic amines) is 1. The number of likely N-dealkylation sites (N-methyl/N-ethyl adjacent to an activating group) is 1. The van der Waals surface area contributed by atoms with Gasteiger partial charge in [0, 0.05) is 38.7 Å². The number of hydrogen-bond donors (Lipinski definition) is 2. The van der Waals surface area contributed by atoms with E-state index in [1.54, 1.807) is 0 Å². The minimum atomic E-state index is -0.382. The van der Waals surface area contributed by atoms with Crippen LogP contribution in [-0.4, -0.2) is 72.4 Å². The minimum Gasteiger partial charge on any atom is -0.396 e. The number of benzene rings is 1. The first-order valence-electron chi connectivity index (χ1n) is 9.86. The zero-order valence-corrected chi connectivity index (χ0v) is 15.8. The summed E-state index contributed by atoms with van der Waals surface area (Å²) in [5.74, 6) is 0.621. The highest BCUT2D eigenvalue weighted by Crippen LogP contribution is 2.43. The molecule has 2 N–H and O–H groups in total. The van der Waals surface area contributed by atoms with Crippen molar-refractivity contribution in [1.29, 1.82) is 0 Å². The summed E-state index contributed by atoms with van der Waals surface area (Å²) >= 11 is 0. The van der Waals surface area contributed by atoms with E-state index >= 15 is 0 Å². The molecule has 1 aliphatic carbocycles. The maximum atomic E-state index is 13.6. The van der Waals surface area contributed by atoms with Gasteiger partial charge in [0.25, 0.3) is 0 Å². The molecule has 1 heterocycles. The Bertz CT molecular complexity index is 586. The van der Waals surface area contributed by atoms with Crippen molar-refractivity contribution in [3.63, 3.8) is 0 Å². The molecule has 1 saturated heterocycles. The molecule has 1 aromatic carbocycles. The fourth-order valence-electron chi connectivity index (χ4n) is 4.85. The first-order chi connectivity index (χ1) is 12.6. The second kappa shape index (κ2) is 8.51. The van der Waals surface area contributed by atoms with Gasteiger partial charge < -0.3 is 20.0 Å². The fourth-order valence-corrected chi connectivity index (χ4v) is 4.85. The molecule has 144 valence electrons. The molecule has 3 rings (SSSR count). The van der Waals surface area contributed by atoms with Gasteiger partial charge in [-0.25, -0.2) is 0 Å². The van der Waals surface area contributed by atoms with Crippen LogP contribution in [0.1, 0.15) is 31.2 Å². The topological polar surface area (TPSA) is 64.0 Å². The van der Waals surface area contributed by atoms with E-state index in [1.807, 2.05) is 30.1 Å². The van der Waals surface area contributed by atoms with Crippen LogP contribution in [0.4, 0.5) is 0 Å². The smallest absolute Gasteiger partial charge is 0.233 e. The fraction of sp³-hybridized carbons (Fsp3) is 0.667. The number of rotatable bonds is 7. The molecule has 1 amide bonds. The van der Waals surface area contributed by atoms with E-state index in [0.29, 0.717) is 19.6 Å². The van der Waals surface area contributed by atoms with E-state index in [2.05, 4.69) is 17.0 Å². The highest BCUT2D eigenvalue weighted by Gasteiger charge is 2.47. The van der Waals surface area contributed by atoms with Gasteiger partial charge in [0.15, 0.2) is 0 Å². The molecule has 1 saturated carbocycles. The molecule has 0 bridgehead atoms. The van der Waals surface area contributed by atoms with Gasteiger partial charge in [-0.05, 0) is 31.4 Å². The summed E-state index contributed by atoms with van der Waals surface area (Å²) < 4.78 is 0. The van der Waals surface area contributed by atoms with E-state index in [1.165, 1.54) is 0 Å². The largest absolute Gasteiger partial charge is 0.396 e. The molecular weight excluding hydrogens is 328 g/mol. The predicted molar refractivity (Wildman–Crippen MR) is 102 cm³/mol. The summed E-state index contributed by atoms with van der Waals surface area (Å²) in [5.41, 5.74) is 0.761. The third-order valence-corrected chi connectivity index (χ3v) is 6.32. The lowest BCUT2D eigenvalue weighted by atomic mass is 9.77. The monoisotopic (exact) mass is 360 g/mol. The van der Waals surface area contributed by atoms with Gasteiger partial charge in [0.2, 0.25) is 5.91 Å². The normalized spacial score (nSPS) is 25.2. The lowest BCUT2D eigenvalue weighted by molar-refractivity contribution is -0.136. The Kier molecular flexibility index (Phi) is 6.33. The zero-order chi connectivity index (χ0) is 18.6. The molecule has 1 aromatic rings. The first kappa shape index (κ1) is 19.3. The molecule has 0 aromatic heterocycles. The van der Waals surface area contributed by atoms with Crippen molar-refractivity contribution >= 4 is 5.91 Å². The van der Waals surface area contributed by atoms with Crippen LogP contribution in [0.15, 0.2) is 30.3 Å². The summed E-state index contributed by atoms with van der Waals surface area (Å²) in [7, 11) is 1.98. The summed E-state index contributed by atoms with van der Waals surface area (Å²) in [6.45, 7) is 3.01. The van der Waals surface area contributed by atoms with Gasteiger partial charge in [-0.3, -0.25) is 4.79 Å². The number of carbonyl (C=O) groups is 1. The molecule has 26 heavy (non-hydrogen) atoms. The molecule has 0 radical (unpaired) electrons. The van der Waals surface area contributed by atoms with E-state index in [9.17, 15) is 9.90 Å². The quantitative estimate of drug-likeness (QED) is 0.773. The van der Waals surface area contributed by atoms with Crippen LogP contribution in [0.3, 0.4) is 0 Å². The zero-order valence-electron chi connectivity index (χ0n) is 15.8. The van der Waals surface area contributed by atoms with Crippen molar-refractivity contribution in [2.24, 2.45) is 11.8 Å². The molecule has 2 unspecified atom stereocenters. The first-order valence-corrected chi connectivity index (χ1v) is 9.86. The Morgan fingerprint density at radius 2 is 1.81 bits per heavy atom. The van der Waals surface area contributed by atoms with Crippen LogP contribution in [0.25, 0.3) is 0 Å². The van der Waals surface area contributed by atoms with Crippen LogP contribution in [0, 0.1) is 11.8 Å². The van der Waals surface area contributed by atoms with Gasteiger partial charge in [0.1, 0.15) is 0 Å². The summed E-state index contributed by atoms with van der Waals surface area (Å²) in [4.78, 5) is 17.7. The van der Waals surface area contributed by atoms with E-state index in [4.69, 9.17) is 5.11 Å². The molecule has 5 nitrogen and oxygen atoms in total. The highest BCUT2D eigenvalue weighted by molar-refractivity contribution is 5.89. The molecule has 5 heteroatoms. The van der Waals surface area contributed by atoms with Crippen molar-refractivity contribution < 1.29 is 15.0 Å². The SMILES string of the molecule is CN(CCO)CC1CN(C(=O)C2(c3ccccc3)CCCC2)CC1CO. The Hall–Kier alpha value is -1.43. The average Bonchev–Trinajstić information content (AvgIpc) is 3.30. The number of aliphatic hydroxyl groups excluding tert-OH is 2. The molecular formula is C21H32N2O3. The summed E-state index contributed by atoms with van der Waals surface area (Å²) in [5, 5.41) is 18.9.